The van der Waals surface area contributed by atoms with Crippen LogP contribution in [0.2, 0.25) is 0 Å². The number of H-pyrrole nitrogens is 1. The van der Waals surface area contributed by atoms with E-state index in [0.29, 0.717) is 46.9 Å². The number of carbonyl (C=O) groups excluding carboxylic acids is 2. The van der Waals surface area contributed by atoms with E-state index in [9.17, 15) is 9.59 Å². The van der Waals surface area contributed by atoms with E-state index in [4.69, 9.17) is 9.47 Å². The van der Waals surface area contributed by atoms with Gasteiger partial charge < -0.3 is 19.0 Å². The largest absolute Gasteiger partial charge is 0.493 e. The van der Waals surface area contributed by atoms with Crippen LogP contribution in [-0.4, -0.2) is 47.3 Å². The molecule has 0 bridgehead atoms. The summed E-state index contributed by atoms with van der Waals surface area (Å²) in [6.07, 6.45) is 4.39. The lowest BCUT2D eigenvalue weighted by Crippen LogP contribution is -2.22. The average molecular weight is 487 g/mol. The SMILES string of the molecule is COc1cc2c(C3=C(c4c[nH]c5ccccc45)C(=O)NC3=O)cn(CCCN=C=S)c2cc1OC. The first-order valence-electron chi connectivity index (χ1n) is 11.0. The van der Waals surface area contributed by atoms with Crippen molar-refractivity contribution in [1.82, 2.24) is 14.9 Å². The maximum absolute atomic E-state index is 13.2. The molecule has 0 radical (unpaired) electrons. The fourth-order valence-corrected chi connectivity index (χ4v) is 4.71. The number of rotatable bonds is 8. The van der Waals surface area contributed by atoms with Crippen LogP contribution < -0.4 is 14.8 Å². The minimum absolute atomic E-state index is 0.327. The van der Waals surface area contributed by atoms with Crippen molar-refractivity contribution in [3.63, 3.8) is 0 Å². The monoisotopic (exact) mass is 486 g/mol. The van der Waals surface area contributed by atoms with Gasteiger partial charge in [-0.05, 0) is 30.8 Å². The van der Waals surface area contributed by atoms with Crippen LogP contribution in [0.15, 0.2) is 53.8 Å². The second kappa shape index (κ2) is 9.21. The predicted molar refractivity (Wildman–Crippen MR) is 138 cm³/mol. The van der Waals surface area contributed by atoms with E-state index in [1.165, 1.54) is 0 Å². The number of benzene rings is 2. The van der Waals surface area contributed by atoms with Gasteiger partial charge in [-0.25, -0.2) is 4.99 Å². The van der Waals surface area contributed by atoms with E-state index in [0.717, 1.165) is 28.2 Å². The summed E-state index contributed by atoms with van der Waals surface area (Å²) in [6, 6.07) is 11.4. The highest BCUT2D eigenvalue weighted by atomic mass is 32.1. The first-order valence-corrected chi connectivity index (χ1v) is 11.4. The molecule has 2 aromatic carbocycles. The first kappa shape index (κ1) is 22.6. The van der Waals surface area contributed by atoms with Crippen LogP contribution in [0.1, 0.15) is 17.5 Å². The molecule has 4 aromatic rings. The number of hydrogen-bond acceptors (Lipinski definition) is 6. The molecule has 2 amide bonds. The molecule has 0 saturated carbocycles. The fourth-order valence-electron chi connectivity index (χ4n) is 4.61. The summed E-state index contributed by atoms with van der Waals surface area (Å²) in [5, 5.41) is 6.51. The molecule has 2 N–H and O–H groups in total. The first-order chi connectivity index (χ1) is 17.1. The van der Waals surface area contributed by atoms with Gasteiger partial charge in [0.1, 0.15) is 0 Å². The van der Waals surface area contributed by atoms with Crippen molar-refractivity contribution >= 4 is 62.1 Å². The molecule has 5 rings (SSSR count). The molecule has 9 heteroatoms. The highest BCUT2D eigenvalue weighted by molar-refractivity contribution is 7.78. The van der Waals surface area contributed by atoms with Crippen molar-refractivity contribution in [2.45, 2.75) is 13.0 Å². The highest BCUT2D eigenvalue weighted by Gasteiger charge is 2.35. The number of carbonyl (C=O) groups is 2. The van der Waals surface area contributed by atoms with Gasteiger partial charge in [0.2, 0.25) is 0 Å². The summed E-state index contributed by atoms with van der Waals surface area (Å²) in [6.45, 7) is 1.16. The molecule has 35 heavy (non-hydrogen) atoms. The van der Waals surface area contributed by atoms with Crippen molar-refractivity contribution in [2.24, 2.45) is 4.99 Å². The summed E-state index contributed by atoms with van der Waals surface area (Å²) in [5.74, 6) is 0.241. The predicted octanol–water partition coefficient (Wildman–Crippen LogP) is 4.20. The lowest BCUT2D eigenvalue weighted by molar-refractivity contribution is -0.122. The number of aliphatic imine (C=N–C) groups is 1. The van der Waals surface area contributed by atoms with E-state index >= 15 is 0 Å². The second-order valence-electron chi connectivity index (χ2n) is 8.07. The van der Waals surface area contributed by atoms with Crippen molar-refractivity contribution in [3.05, 3.63) is 59.9 Å². The Hall–Kier alpha value is -4.20. The number of imide groups is 1. The number of methoxy groups -OCH3 is 2. The van der Waals surface area contributed by atoms with E-state index in [1.807, 2.05) is 47.2 Å². The maximum Gasteiger partial charge on any atom is 0.259 e. The molecule has 0 aliphatic carbocycles. The van der Waals surface area contributed by atoms with Crippen LogP contribution in [0.4, 0.5) is 0 Å². The zero-order valence-electron chi connectivity index (χ0n) is 19.2. The van der Waals surface area contributed by atoms with Gasteiger partial charge in [0, 0.05) is 52.4 Å². The molecule has 0 atom stereocenters. The number of aromatic nitrogens is 2. The molecule has 176 valence electrons. The number of nitrogens with one attached hydrogen (secondary N) is 2. The molecule has 2 aromatic heterocycles. The van der Waals surface area contributed by atoms with Crippen LogP contribution >= 0.6 is 12.2 Å². The number of amides is 2. The Kier molecular flexibility index (Phi) is 5.94. The number of thiocarbonyl (C=S) groups is 1. The zero-order valence-corrected chi connectivity index (χ0v) is 20.0. The number of para-hydroxylation sites is 1. The Labute approximate surface area is 206 Å². The molecule has 0 saturated heterocycles. The van der Waals surface area contributed by atoms with E-state index in [1.54, 1.807) is 20.4 Å². The minimum atomic E-state index is -0.436. The standard InChI is InChI=1S/C26H22N4O4S/c1-33-21-10-16-18(13-30(9-5-8-27-14-35)20(16)11-22(21)34-2)24-23(25(31)29-26(24)32)17-12-28-19-7-4-3-6-15(17)19/h3-4,6-7,10-13,28H,5,8-9H2,1-2H3,(H,29,31,32). The van der Waals surface area contributed by atoms with Crippen LogP contribution in [0, 0.1) is 0 Å². The normalized spacial score (nSPS) is 13.4. The molecule has 8 nitrogen and oxygen atoms in total. The third kappa shape index (κ3) is 3.80. The van der Waals surface area contributed by atoms with Crippen LogP contribution in [0.3, 0.4) is 0 Å². The average Bonchev–Trinajstić information content (AvgIpc) is 3.53. The maximum atomic E-state index is 13.2. The number of isothiocyanates is 1. The third-order valence-electron chi connectivity index (χ3n) is 6.18. The van der Waals surface area contributed by atoms with Crippen LogP contribution in [0.5, 0.6) is 11.5 Å². The quantitative estimate of drug-likeness (QED) is 0.168. The number of aryl methyl sites for hydroxylation is 1. The van der Waals surface area contributed by atoms with Crippen molar-refractivity contribution in [2.75, 3.05) is 20.8 Å². The zero-order chi connectivity index (χ0) is 24.5. The van der Waals surface area contributed by atoms with E-state index in [-0.39, 0.29) is 0 Å². The van der Waals surface area contributed by atoms with Crippen molar-refractivity contribution in [3.8, 4) is 11.5 Å². The number of ether oxygens (including phenoxy) is 2. The van der Waals surface area contributed by atoms with Gasteiger partial charge in [-0.15, -0.1) is 0 Å². The smallest absolute Gasteiger partial charge is 0.259 e. The van der Waals surface area contributed by atoms with Gasteiger partial charge in [-0.3, -0.25) is 14.9 Å². The Balaban J connectivity index is 1.77. The number of hydrogen-bond donors (Lipinski definition) is 2. The molecule has 1 aliphatic rings. The lowest BCUT2D eigenvalue weighted by Gasteiger charge is -2.10. The third-order valence-corrected chi connectivity index (χ3v) is 6.31. The second-order valence-corrected chi connectivity index (χ2v) is 8.25. The van der Waals surface area contributed by atoms with Crippen molar-refractivity contribution in [1.29, 1.82) is 0 Å². The van der Waals surface area contributed by atoms with Crippen molar-refractivity contribution < 1.29 is 19.1 Å². The van der Waals surface area contributed by atoms with E-state index < -0.39 is 11.8 Å². The van der Waals surface area contributed by atoms with Crippen LogP contribution in [0.25, 0.3) is 33.0 Å². The summed E-state index contributed by atoms with van der Waals surface area (Å²) >= 11 is 4.67. The number of nitrogens with zero attached hydrogens (tertiary/aromatic N) is 2. The van der Waals surface area contributed by atoms with Gasteiger partial charge >= 0.3 is 0 Å². The van der Waals surface area contributed by atoms with Gasteiger partial charge in [-0.1, -0.05) is 18.2 Å². The van der Waals surface area contributed by atoms with Gasteiger partial charge in [0.15, 0.2) is 11.5 Å². The van der Waals surface area contributed by atoms with Gasteiger partial charge in [-0.2, -0.15) is 0 Å². The summed E-state index contributed by atoms with van der Waals surface area (Å²) in [7, 11) is 3.14. The lowest BCUT2D eigenvalue weighted by atomic mass is 9.95. The molecular weight excluding hydrogens is 464 g/mol. The summed E-state index contributed by atoms with van der Waals surface area (Å²) < 4.78 is 13.1. The molecule has 1 aliphatic heterocycles. The Bertz CT molecular complexity index is 1570. The number of aromatic amines is 1. The fraction of sp³-hybridized carbons (Fsp3) is 0.192. The van der Waals surface area contributed by atoms with Gasteiger partial charge in [0.25, 0.3) is 11.8 Å². The molecule has 0 fully saturated rings. The summed E-state index contributed by atoms with van der Waals surface area (Å²) in [4.78, 5) is 33.4. The molecule has 0 unspecified atom stereocenters. The highest BCUT2D eigenvalue weighted by Crippen LogP contribution is 2.41. The Morgan fingerprint density at radius 1 is 1.00 bits per heavy atom. The van der Waals surface area contributed by atoms with E-state index in [2.05, 4.69) is 32.7 Å². The number of fused-ring (bicyclic) bond motifs is 2. The Morgan fingerprint density at radius 3 is 2.46 bits per heavy atom. The van der Waals surface area contributed by atoms with Gasteiger partial charge in [0.05, 0.1) is 42.6 Å². The minimum Gasteiger partial charge on any atom is -0.493 e. The molecular formula is C26H22N4O4S. The molecule has 3 heterocycles. The Morgan fingerprint density at radius 2 is 1.71 bits per heavy atom. The topological polar surface area (TPSA) is 97.7 Å². The summed E-state index contributed by atoms with van der Waals surface area (Å²) in [5.41, 5.74) is 3.72. The van der Waals surface area contributed by atoms with Crippen LogP contribution in [-0.2, 0) is 16.1 Å². The molecule has 0 spiro atoms.